The molecule has 1 fully saturated rings. The first kappa shape index (κ1) is 13.5. The predicted molar refractivity (Wildman–Crippen MR) is 72.3 cm³/mol. The maximum Gasteiger partial charge on any atom is 0.149 e. The minimum atomic E-state index is 0.246. The molecular weight excluding hydrogens is 226 g/mol. The second-order valence-electron chi connectivity index (χ2n) is 5.47. The van der Waals surface area contributed by atoms with Crippen molar-refractivity contribution in [3.63, 3.8) is 0 Å². The summed E-state index contributed by atoms with van der Waals surface area (Å²) in [5, 5.41) is 15.3. The van der Waals surface area contributed by atoms with Crippen LogP contribution in [-0.2, 0) is 7.05 Å². The highest BCUT2D eigenvalue weighted by molar-refractivity contribution is 4.93. The Morgan fingerprint density at radius 2 is 2.33 bits per heavy atom. The summed E-state index contributed by atoms with van der Waals surface area (Å²) in [6.45, 7) is 5.58. The maximum atomic E-state index is 4.15. The lowest BCUT2D eigenvalue weighted by molar-refractivity contribution is 0.330. The molecule has 2 N–H and O–H groups in total. The van der Waals surface area contributed by atoms with Crippen LogP contribution in [0, 0.1) is 0 Å². The van der Waals surface area contributed by atoms with Crippen LogP contribution < -0.4 is 10.6 Å². The van der Waals surface area contributed by atoms with Crippen LogP contribution in [0.25, 0.3) is 0 Å². The first-order valence-corrected chi connectivity index (χ1v) is 7.00. The lowest BCUT2D eigenvalue weighted by atomic mass is 9.98. The predicted octanol–water partition coefficient (Wildman–Crippen LogP) is 1.39. The molecule has 0 spiro atoms. The van der Waals surface area contributed by atoms with Crippen molar-refractivity contribution in [3.8, 4) is 0 Å². The minimum Gasteiger partial charge on any atom is -0.319 e. The van der Waals surface area contributed by atoms with Gasteiger partial charge in [0.25, 0.3) is 0 Å². The van der Waals surface area contributed by atoms with E-state index in [0.29, 0.717) is 12.1 Å². The van der Waals surface area contributed by atoms with Gasteiger partial charge in [0.1, 0.15) is 12.2 Å². The van der Waals surface area contributed by atoms with Gasteiger partial charge in [-0.1, -0.05) is 6.42 Å². The van der Waals surface area contributed by atoms with E-state index in [0.717, 1.165) is 5.82 Å². The second-order valence-corrected chi connectivity index (χ2v) is 5.47. The molecule has 5 nitrogen and oxygen atoms in total. The Morgan fingerprint density at radius 3 is 2.94 bits per heavy atom. The Balaban J connectivity index is 1.79. The lowest BCUT2D eigenvalue weighted by Crippen LogP contribution is -2.40. The third-order valence-corrected chi connectivity index (χ3v) is 3.72. The normalized spacial score (nSPS) is 23.8. The summed E-state index contributed by atoms with van der Waals surface area (Å²) in [6.07, 6.45) is 6.93. The van der Waals surface area contributed by atoms with Crippen LogP contribution in [0.3, 0.4) is 0 Å². The van der Waals surface area contributed by atoms with Gasteiger partial charge in [0.05, 0.1) is 6.04 Å². The van der Waals surface area contributed by atoms with Gasteiger partial charge in [0.15, 0.2) is 0 Å². The summed E-state index contributed by atoms with van der Waals surface area (Å²) in [6, 6.07) is 1.41. The molecule has 1 aliphatic heterocycles. The third-order valence-electron chi connectivity index (χ3n) is 3.72. The Bertz CT molecular complexity index is 356. The number of piperidine rings is 1. The molecule has 0 amide bonds. The zero-order chi connectivity index (χ0) is 13.0. The molecule has 1 aliphatic rings. The number of rotatable bonds is 5. The Hall–Kier alpha value is -0.940. The molecule has 0 bridgehead atoms. The molecule has 2 heterocycles. The van der Waals surface area contributed by atoms with E-state index in [2.05, 4.69) is 34.7 Å². The van der Waals surface area contributed by atoms with E-state index < -0.39 is 0 Å². The number of aromatic nitrogens is 3. The van der Waals surface area contributed by atoms with E-state index in [-0.39, 0.29) is 6.04 Å². The fourth-order valence-corrected chi connectivity index (χ4v) is 2.81. The van der Waals surface area contributed by atoms with Gasteiger partial charge in [0.2, 0.25) is 0 Å². The number of nitrogens with zero attached hydrogens (tertiary/aromatic N) is 3. The van der Waals surface area contributed by atoms with Crippen LogP contribution in [0.5, 0.6) is 0 Å². The molecule has 18 heavy (non-hydrogen) atoms. The van der Waals surface area contributed by atoms with Crippen molar-refractivity contribution in [1.29, 1.82) is 0 Å². The lowest BCUT2D eigenvalue weighted by Gasteiger charge is -2.28. The summed E-state index contributed by atoms with van der Waals surface area (Å²) < 4.78 is 1.98. The van der Waals surface area contributed by atoms with Crippen molar-refractivity contribution in [2.75, 3.05) is 6.54 Å². The average Bonchev–Trinajstić information content (AvgIpc) is 2.76. The highest BCUT2D eigenvalue weighted by atomic mass is 15.3. The van der Waals surface area contributed by atoms with Gasteiger partial charge in [0, 0.05) is 19.1 Å². The van der Waals surface area contributed by atoms with Crippen LogP contribution in [0.4, 0.5) is 0 Å². The largest absolute Gasteiger partial charge is 0.319 e. The standard InChI is InChI=1S/C13H25N5/c1-10(8-12-6-4-5-7-14-12)16-11(2)13-17-15-9-18(13)3/h9-12,14,16H,4-8H2,1-3H3. The quantitative estimate of drug-likeness (QED) is 0.830. The molecule has 1 aromatic heterocycles. The summed E-state index contributed by atoms with van der Waals surface area (Å²) in [5.41, 5.74) is 0. The number of aryl methyl sites for hydroxylation is 1. The number of hydrogen-bond acceptors (Lipinski definition) is 4. The first-order valence-electron chi connectivity index (χ1n) is 7.00. The van der Waals surface area contributed by atoms with E-state index >= 15 is 0 Å². The van der Waals surface area contributed by atoms with Gasteiger partial charge < -0.3 is 15.2 Å². The van der Waals surface area contributed by atoms with E-state index in [1.54, 1.807) is 6.33 Å². The van der Waals surface area contributed by atoms with Gasteiger partial charge in [-0.15, -0.1) is 10.2 Å². The molecule has 2 rings (SSSR count). The van der Waals surface area contributed by atoms with Gasteiger partial charge in [-0.3, -0.25) is 0 Å². The summed E-state index contributed by atoms with van der Waals surface area (Å²) in [4.78, 5) is 0. The van der Waals surface area contributed by atoms with Gasteiger partial charge in [-0.05, 0) is 39.7 Å². The molecule has 0 saturated carbocycles. The zero-order valence-corrected chi connectivity index (χ0v) is 11.7. The second kappa shape index (κ2) is 6.29. The van der Waals surface area contributed by atoms with Crippen LogP contribution in [0.15, 0.2) is 6.33 Å². The van der Waals surface area contributed by atoms with Crippen molar-refractivity contribution in [2.24, 2.45) is 7.05 Å². The molecule has 1 aromatic rings. The number of hydrogen-bond donors (Lipinski definition) is 2. The van der Waals surface area contributed by atoms with Crippen molar-refractivity contribution in [2.45, 2.75) is 57.7 Å². The summed E-state index contributed by atoms with van der Waals surface area (Å²) >= 11 is 0. The highest BCUT2D eigenvalue weighted by Crippen LogP contribution is 2.14. The topological polar surface area (TPSA) is 54.8 Å². The summed E-state index contributed by atoms with van der Waals surface area (Å²) in [7, 11) is 1.99. The fraction of sp³-hybridized carbons (Fsp3) is 0.846. The van der Waals surface area contributed by atoms with Crippen molar-refractivity contribution >= 4 is 0 Å². The molecular formula is C13H25N5. The summed E-state index contributed by atoms with van der Waals surface area (Å²) in [5.74, 6) is 0.999. The first-order chi connectivity index (χ1) is 8.66. The smallest absolute Gasteiger partial charge is 0.149 e. The third kappa shape index (κ3) is 3.53. The number of nitrogens with one attached hydrogen (secondary N) is 2. The van der Waals surface area contributed by atoms with E-state index in [1.807, 2.05) is 11.6 Å². The Morgan fingerprint density at radius 1 is 1.50 bits per heavy atom. The Labute approximate surface area is 109 Å². The van der Waals surface area contributed by atoms with Gasteiger partial charge in [-0.2, -0.15) is 0 Å². The van der Waals surface area contributed by atoms with Crippen molar-refractivity contribution in [1.82, 2.24) is 25.4 Å². The molecule has 0 aliphatic carbocycles. The molecule has 0 radical (unpaired) electrons. The van der Waals surface area contributed by atoms with Gasteiger partial charge in [-0.25, -0.2) is 0 Å². The molecule has 3 atom stereocenters. The van der Waals surface area contributed by atoms with Crippen LogP contribution in [0.2, 0.25) is 0 Å². The van der Waals surface area contributed by atoms with E-state index in [1.165, 1.54) is 32.2 Å². The average molecular weight is 251 g/mol. The van der Waals surface area contributed by atoms with Crippen LogP contribution >= 0.6 is 0 Å². The highest BCUT2D eigenvalue weighted by Gasteiger charge is 2.18. The van der Waals surface area contributed by atoms with E-state index in [9.17, 15) is 0 Å². The van der Waals surface area contributed by atoms with Crippen molar-refractivity contribution < 1.29 is 0 Å². The molecule has 0 aromatic carbocycles. The SMILES string of the molecule is CC(CC1CCCCN1)NC(C)c1nncn1C. The fourth-order valence-electron chi connectivity index (χ4n) is 2.81. The van der Waals surface area contributed by atoms with Crippen molar-refractivity contribution in [3.05, 3.63) is 12.2 Å². The van der Waals surface area contributed by atoms with E-state index in [4.69, 9.17) is 0 Å². The van der Waals surface area contributed by atoms with Crippen LogP contribution in [-0.4, -0.2) is 33.4 Å². The molecule has 102 valence electrons. The molecule has 3 unspecified atom stereocenters. The molecule has 1 saturated heterocycles. The zero-order valence-electron chi connectivity index (χ0n) is 11.7. The maximum absolute atomic E-state index is 4.15. The minimum absolute atomic E-state index is 0.246. The Kier molecular flexibility index (Phi) is 4.72. The monoisotopic (exact) mass is 251 g/mol. The van der Waals surface area contributed by atoms with Gasteiger partial charge >= 0.3 is 0 Å². The molecule has 5 heteroatoms. The van der Waals surface area contributed by atoms with Crippen LogP contribution in [0.1, 0.15) is 51.4 Å².